The smallest absolute Gasteiger partial charge is 0.234 e. The highest BCUT2D eigenvalue weighted by Crippen LogP contribution is 2.16. The molecule has 0 saturated carbocycles. The van der Waals surface area contributed by atoms with Crippen LogP contribution in [0.1, 0.15) is 5.56 Å². The second-order valence-corrected chi connectivity index (χ2v) is 6.88. The zero-order valence-corrected chi connectivity index (χ0v) is 15.5. The molecule has 0 fully saturated rings. The first kappa shape index (κ1) is 18.9. The van der Waals surface area contributed by atoms with Gasteiger partial charge in [-0.25, -0.2) is 0 Å². The lowest BCUT2D eigenvalue weighted by Gasteiger charge is -2.13. The zero-order valence-electron chi connectivity index (χ0n) is 14.7. The van der Waals surface area contributed by atoms with E-state index >= 15 is 0 Å². The molecule has 0 bridgehead atoms. The maximum atomic E-state index is 11.9. The van der Waals surface area contributed by atoms with Crippen molar-refractivity contribution in [3.8, 4) is 0 Å². The number of rotatable bonds is 7. The molecular weight excluding hydrogens is 334 g/mol. The van der Waals surface area contributed by atoms with E-state index in [9.17, 15) is 9.59 Å². The number of benzene rings is 2. The number of hydrogen-bond donors (Lipinski definition) is 2. The molecule has 0 radical (unpaired) electrons. The first-order valence-electron chi connectivity index (χ1n) is 7.95. The minimum atomic E-state index is -0.120. The molecule has 132 valence electrons. The number of nitrogens with one attached hydrogen (secondary N) is 2. The predicted octanol–water partition coefficient (Wildman–Crippen LogP) is 3.37. The number of thioether (sulfide) groups is 1. The van der Waals surface area contributed by atoms with E-state index in [0.29, 0.717) is 0 Å². The highest BCUT2D eigenvalue weighted by molar-refractivity contribution is 8.00. The Labute approximate surface area is 152 Å². The highest BCUT2D eigenvalue weighted by Gasteiger charge is 2.07. The van der Waals surface area contributed by atoms with E-state index in [1.165, 1.54) is 11.8 Å². The van der Waals surface area contributed by atoms with Crippen molar-refractivity contribution in [1.82, 2.24) is 0 Å². The van der Waals surface area contributed by atoms with Crippen molar-refractivity contribution < 1.29 is 9.59 Å². The maximum Gasteiger partial charge on any atom is 0.234 e. The van der Waals surface area contributed by atoms with Gasteiger partial charge in [0, 0.05) is 31.2 Å². The van der Waals surface area contributed by atoms with Crippen molar-refractivity contribution in [3.05, 3.63) is 54.1 Å². The lowest BCUT2D eigenvalue weighted by Crippen LogP contribution is -2.18. The quantitative estimate of drug-likeness (QED) is 0.798. The Morgan fingerprint density at radius 1 is 0.840 bits per heavy atom. The van der Waals surface area contributed by atoms with Gasteiger partial charge >= 0.3 is 0 Å². The summed E-state index contributed by atoms with van der Waals surface area (Å²) in [6.45, 7) is 1.99. The third-order valence-electron chi connectivity index (χ3n) is 3.47. The normalized spacial score (nSPS) is 10.2. The van der Waals surface area contributed by atoms with Crippen LogP contribution in [0.15, 0.2) is 48.5 Å². The maximum absolute atomic E-state index is 11.9. The number of nitrogens with zero attached hydrogens (tertiary/aromatic N) is 1. The van der Waals surface area contributed by atoms with Gasteiger partial charge in [0.05, 0.1) is 11.5 Å². The highest BCUT2D eigenvalue weighted by atomic mass is 32.2. The minimum Gasteiger partial charge on any atom is -0.378 e. The molecule has 0 saturated heterocycles. The Morgan fingerprint density at radius 3 is 1.72 bits per heavy atom. The molecule has 0 spiro atoms. The molecule has 25 heavy (non-hydrogen) atoms. The molecule has 0 aliphatic rings. The van der Waals surface area contributed by atoms with Crippen LogP contribution in [0.4, 0.5) is 17.1 Å². The first-order chi connectivity index (χ1) is 11.9. The summed E-state index contributed by atoms with van der Waals surface area (Å²) >= 11 is 1.29. The van der Waals surface area contributed by atoms with E-state index in [-0.39, 0.29) is 23.3 Å². The van der Waals surface area contributed by atoms with Crippen LogP contribution in [0.3, 0.4) is 0 Å². The van der Waals surface area contributed by atoms with Crippen molar-refractivity contribution in [3.63, 3.8) is 0 Å². The van der Waals surface area contributed by atoms with Gasteiger partial charge in [-0.1, -0.05) is 17.7 Å². The monoisotopic (exact) mass is 357 g/mol. The number of hydrogen-bond acceptors (Lipinski definition) is 4. The van der Waals surface area contributed by atoms with E-state index in [1.54, 1.807) is 0 Å². The van der Waals surface area contributed by atoms with Gasteiger partial charge < -0.3 is 15.5 Å². The summed E-state index contributed by atoms with van der Waals surface area (Å²) in [6.07, 6.45) is 0. The molecule has 0 aliphatic carbocycles. The van der Waals surface area contributed by atoms with Crippen LogP contribution < -0.4 is 15.5 Å². The fraction of sp³-hybridized carbons (Fsp3) is 0.263. The van der Waals surface area contributed by atoms with Crippen LogP contribution in [-0.4, -0.2) is 37.4 Å². The number of carbonyl (C=O) groups is 2. The van der Waals surface area contributed by atoms with Crippen LogP contribution in [0.5, 0.6) is 0 Å². The van der Waals surface area contributed by atoms with Crippen molar-refractivity contribution in [2.45, 2.75) is 6.92 Å². The topological polar surface area (TPSA) is 61.4 Å². The van der Waals surface area contributed by atoms with Crippen molar-refractivity contribution >= 4 is 40.6 Å². The molecule has 2 rings (SSSR count). The van der Waals surface area contributed by atoms with Crippen LogP contribution in [-0.2, 0) is 9.59 Å². The lowest BCUT2D eigenvalue weighted by molar-refractivity contribution is -0.114. The Kier molecular flexibility index (Phi) is 6.89. The summed E-state index contributed by atoms with van der Waals surface area (Å²) in [5.74, 6) is 0.236. The molecule has 0 unspecified atom stereocenters. The number of amides is 2. The molecule has 0 aromatic heterocycles. The average Bonchev–Trinajstić information content (AvgIpc) is 2.57. The molecular formula is C19H23N3O2S. The van der Waals surface area contributed by atoms with Crippen molar-refractivity contribution in [2.24, 2.45) is 0 Å². The summed E-state index contributed by atoms with van der Waals surface area (Å²) in [4.78, 5) is 25.8. The lowest BCUT2D eigenvalue weighted by atomic mass is 10.2. The summed E-state index contributed by atoms with van der Waals surface area (Å²) in [7, 11) is 3.93. The molecule has 2 aromatic carbocycles. The van der Waals surface area contributed by atoms with Crippen molar-refractivity contribution in [1.29, 1.82) is 0 Å². The van der Waals surface area contributed by atoms with Gasteiger partial charge in [-0.05, 0) is 43.3 Å². The summed E-state index contributed by atoms with van der Waals surface area (Å²) in [5, 5.41) is 5.64. The van der Waals surface area contributed by atoms with Gasteiger partial charge in [0.25, 0.3) is 0 Å². The molecule has 2 amide bonds. The fourth-order valence-electron chi connectivity index (χ4n) is 2.11. The van der Waals surface area contributed by atoms with Gasteiger partial charge in [0.2, 0.25) is 11.8 Å². The molecule has 6 heteroatoms. The minimum absolute atomic E-state index is 0.114. The fourth-order valence-corrected chi connectivity index (χ4v) is 2.73. The molecule has 0 heterocycles. The SMILES string of the molecule is Cc1ccc(NC(=O)CSCC(=O)Nc2ccc(N(C)C)cc2)cc1. The molecule has 0 atom stereocenters. The third kappa shape index (κ3) is 6.51. The van der Waals surface area contributed by atoms with Gasteiger partial charge in [-0.3, -0.25) is 9.59 Å². The second-order valence-electron chi connectivity index (χ2n) is 5.90. The van der Waals surface area contributed by atoms with Crippen molar-refractivity contribution in [2.75, 3.05) is 41.1 Å². The Hall–Kier alpha value is -2.47. The summed E-state index contributed by atoms with van der Waals surface area (Å²) in [5.41, 5.74) is 3.73. The third-order valence-corrected chi connectivity index (χ3v) is 4.40. The van der Waals surface area contributed by atoms with E-state index < -0.39 is 0 Å². The molecule has 2 aromatic rings. The first-order valence-corrected chi connectivity index (χ1v) is 9.11. The van der Waals surface area contributed by atoms with E-state index in [4.69, 9.17) is 0 Å². The van der Waals surface area contributed by atoms with E-state index in [1.807, 2.05) is 74.4 Å². The predicted molar refractivity (Wildman–Crippen MR) is 107 cm³/mol. The zero-order chi connectivity index (χ0) is 18.2. The standard InChI is InChI=1S/C19H23N3O2S/c1-14-4-6-15(7-5-14)20-18(23)12-25-13-19(24)21-16-8-10-17(11-9-16)22(2)3/h4-11H,12-13H2,1-3H3,(H,20,23)(H,21,24). The molecule has 5 nitrogen and oxygen atoms in total. The van der Waals surface area contributed by atoms with E-state index in [0.717, 1.165) is 22.6 Å². The van der Waals surface area contributed by atoms with Crippen LogP contribution in [0.25, 0.3) is 0 Å². The van der Waals surface area contributed by atoms with Gasteiger partial charge in [-0.2, -0.15) is 0 Å². The average molecular weight is 357 g/mol. The number of anilines is 3. The summed E-state index contributed by atoms with van der Waals surface area (Å²) < 4.78 is 0. The summed E-state index contributed by atoms with van der Waals surface area (Å²) in [6, 6.07) is 15.2. The Morgan fingerprint density at radius 2 is 1.28 bits per heavy atom. The largest absolute Gasteiger partial charge is 0.378 e. The van der Waals surface area contributed by atoms with Gasteiger partial charge in [0.1, 0.15) is 0 Å². The molecule has 2 N–H and O–H groups in total. The second kappa shape index (κ2) is 9.13. The Bertz CT molecular complexity index is 712. The van der Waals surface area contributed by atoms with Gasteiger partial charge in [0.15, 0.2) is 0 Å². The Balaban J connectivity index is 1.70. The van der Waals surface area contributed by atoms with Gasteiger partial charge in [-0.15, -0.1) is 11.8 Å². The van der Waals surface area contributed by atoms with Crippen LogP contribution >= 0.6 is 11.8 Å². The number of aryl methyl sites for hydroxylation is 1. The molecule has 0 aliphatic heterocycles. The van der Waals surface area contributed by atoms with Crippen LogP contribution in [0, 0.1) is 6.92 Å². The van der Waals surface area contributed by atoms with E-state index in [2.05, 4.69) is 10.6 Å². The number of carbonyl (C=O) groups excluding carboxylic acids is 2. The van der Waals surface area contributed by atoms with Crippen LogP contribution in [0.2, 0.25) is 0 Å².